The highest BCUT2D eigenvalue weighted by Crippen LogP contribution is 2.48. The van der Waals surface area contributed by atoms with Gasteiger partial charge in [-0.05, 0) is 73.7 Å². The monoisotopic (exact) mass is 632 g/mol. The number of carbonyl (C=O) groups is 1. The lowest BCUT2D eigenvalue weighted by atomic mass is 9.73. The van der Waals surface area contributed by atoms with Crippen LogP contribution < -0.4 is 15.4 Å². The summed E-state index contributed by atoms with van der Waals surface area (Å²) in [6.07, 6.45) is 1.49. The summed E-state index contributed by atoms with van der Waals surface area (Å²) < 4.78 is 7.02. The van der Waals surface area contributed by atoms with Gasteiger partial charge in [0.25, 0.3) is 5.69 Å². The molecule has 8 nitrogen and oxygen atoms in total. The lowest BCUT2D eigenvalue weighted by Crippen LogP contribution is -2.39. The van der Waals surface area contributed by atoms with E-state index in [0.29, 0.717) is 42.8 Å². The molecule has 0 bridgehead atoms. The van der Waals surface area contributed by atoms with Crippen LogP contribution in [0.5, 0.6) is 5.75 Å². The Morgan fingerprint density at radius 1 is 1.17 bits per heavy atom. The van der Waals surface area contributed by atoms with Crippen molar-refractivity contribution in [1.29, 1.82) is 5.26 Å². The highest BCUT2D eigenvalue weighted by atomic mass is 79.9. The van der Waals surface area contributed by atoms with E-state index in [4.69, 9.17) is 22.1 Å². The van der Waals surface area contributed by atoms with E-state index in [1.807, 2.05) is 50.2 Å². The number of nitrogens with two attached hydrogens (primary N) is 1. The first kappa shape index (κ1) is 28.4. The van der Waals surface area contributed by atoms with E-state index < -0.39 is 10.8 Å². The number of nitro benzene ring substituents is 1. The van der Waals surface area contributed by atoms with Crippen molar-refractivity contribution < 1.29 is 14.5 Å². The lowest BCUT2D eigenvalue weighted by Gasteiger charge is -2.40. The van der Waals surface area contributed by atoms with Crippen molar-refractivity contribution >= 4 is 44.7 Å². The van der Waals surface area contributed by atoms with Gasteiger partial charge in [-0.15, -0.1) is 0 Å². The fraction of sp³-hybridized carbons (Fsp3) is 0.226. The van der Waals surface area contributed by atoms with E-state index in [0.717, 1.165) is 32.5 Å². The van der Waals surface area contributed by atoms with Gasteiger partial charge in [0.2, 0.25) is 0 Å². The molecule has 41 heavy (non-hydrogen) atoms. The van der Waals surface area contributed by atoms with Crippen molar-refractivity contribution in [1.82, 2.24) is 0 Å². The van der Waals surface area contributed by atoms with Gasteiger partial charge in [-0.25, -0.2) is 0 Å². The minimum absolute atomic E-state index is 0.0619. The molecular formula is C31H26BrClN4O4. The van der Waals surface area contributed by atoms with Crippen LogP contribution in [0.25, 0.3) is 0 Å². The number of Topliss-reactive ketones (excluding diaryl/α,β-unsaturated/α-hetero) is 1. The van der Waals surface area contributed by atoms with Gasteiger partial charge in [0.1, 0.15) is 18.2 Å². The number of ether oxygens (including phenoxy) is 1. The average Bonchev–Trinajstić information content (AvgIpc) is 2.94. The highest BCUT2D eigenvalue weighted by molar-refractivity contribution is 9.10. The summed E-state index contributed by atoms with van der Waals surface area (Å²) in [4.78, 5) is 26.0. The second-order valence-electron chi connectivity index (χ2n) is 10.1. The van der Waals surface area contributed by atoms with Crippen LogP contribution in [0.15, 0.2) is 81.7 Å². The Morgan fingerprint density at radius 2 is 1.90 bits per heavy atom. The Hall–Kier alpha value is -4.13. The third kappa shape index (κ3) is 5.33. The van der Waals surface area contributed by atoms with Gasteiger partial charge in [0.15, 0.2) is 5.78 Å². The second kappa shape index (κ2) is 11.4. The number of hydrogen-bond donors (Lipinski definition) is 1. The van der Waals surface area contributed by atoms with Gasteiger partial charge in [-0.1, -0.05) is 45.2 Å². The van der Waals surface area contributed by atoms with Crippen molar-refractivity contribution in [2.45, 2.75) is 45.6 Å². The largest absolute Gasteiger partial charge is 0.489 e. The topological polar surface area (TPSA) is 122 Å². The third-order valence-electron chi connectivity index (χ3n) is 7.52. The summed E-state index contributed by atoms with van der Waals surface area (Å²) in [6, 6.07) is 18.0. The SMILES string of the molecule is Cc1cc(COc2ccc(Br)cc2)c(C)c(C2C(C#N)=C(N)N(c3ccc([N+](=O)[O-])cc3Cl)C3=C2C(=O)CCC3)c1. The Morgan fingerprint density at radius 3 is 2.56 bits per heavy atom. The fourth-order valence-corrected chi connectivity index (χ4v) is 6.09. The maximum Gasteiger partial charge on any atom is 0.271 e. The number of nitriles is 1. The molecule has 1 heterocycles. The van der Waals surface area contributed by atoms with Crippen molar-refractivity contribution in [3.8, 4) is 11.8 Å². The number of non-ortho nitro benzene ring substituents is 1. The van der Waals surface area contributed by atoms with Crippen molar-refractivity contribution in [2.75, 3.05) is 4.90 Å². The molecule has 3 aromatic carbocycles. The van der Waals surface area contributed by atoms with Crippen LogP contribution in [0.3, 0.4) is 0 Å². The minimum atomic E-state index is -0.665. The zero-order valence-electron chi connectivity index (χ0n) is 22.4. The number of aryl methyl sites for hydroxylation is 1. The van der Waals surface area contributed by atoms with Gasteiger partial charge in [0.05, 0.1) is 33.2 Å². The molecule has 0 radical (unpaired) electrons. The van der Waals surface area contributed by atoms with Gasteiger partial charge in [-0.2, -0.15) is 5.26 Å². The van der Waals surface area contributed by atoms with E-state index in [1.54, 1.807) is 4.90 Å². The summed E-state index contributed by atoms with van der Waals surface area (Å²) in [5.74, 6) is 0.142. The fourth-order valence-electron chi connectivity index (χ4n) is 5.57. The van der Waals surface area contributed by atoms with E-state index >= 15 is 0 Å². The summed E-state index contributed by atoms with van der Waals surface area (Å²) in [5, 5.41) is 21.8. The number of rotatable bonds is 6. The third-order valence-corrected chi connectivity index (χ3v) is 8.35. The van der Waals surface area contributed by atoms with Crippen LogP contribution in [-0.2, 0) is 11.4 Å². The van der Waals surface area contributed by atoms with Crippen molar-refractivity contribution in [3.05, 3.63) is 119 Å². The van der Waals surface area contributed by atoms with E-state index in [1.165, 1.54) is 18.2 Å². The number of nitrogens with zero attached hydrogens (tertiary/aromatic N) is 3. The molecule has 5 rings (SSSR count). The van der Waals surface area contributed by atoms with Crippen LogP contribution in [-0.4, -0.2) is 10.7 Å². The van der Waals surface area contributed by atoms with Gasteiger partial charge in [0, 0.05) is 34.3 Å². The molecule has 1 atom stereocenters. The maximum atomic E-state index is 13.6. The quantitative estimate of drug-likeness (QED) is 0.220. The number of carbonyl (C=O) groups excluding carboxylic acids is 1. The summed E-state index contributed by atoms with van der Waals surface area (Å²) >= 11 is 9.95. The molecule has 0 aromatic heterocycles. The molecule has 0 saturated heterocycles. The summed E-state index contributed by atoms with van der Waals surface area (Å²) in [5.41, 5.74) is 11.9. The highest BCUT2D eigenvalue weighted by Gasteiger charge is 2.41. The Labute approximate surface area is 250 Å². The van der Waals surface area contributed by atoms with Crippen LogP contribution >= 0.6 is 27.5 Å². The Balaban J connectivity index is 1.64. The maximum absolute atomic E-state index is 13.6. The molecule has 0 amide bonds. The zero-order valence-corrected chi connectivity index (χ0v) is 24.8. The lowest BCUT2D eigenvalue weighted by molar-refractivity contribution is -0.384. The van der Waals surface area contributed by atoms with Crippen LogP contribution in [0.1, 0.15) is 47.4 Å². The predicted octanol–water partition coefficient (Wildman–Crippen LogP) is 7.51. The molecule has 1 aliphatic heterocycles. The first-order valence-electron chi connectivity index (χ1n) is 13.0. The van der Waals surface area contributed by atoms with E-state index in [-0.39, 0.29) is 27.9 Å². The second-order valence-corrected chi connectivity index (χ2v) is 11.4. The van der Waals surface area contributed by atoms with Crippen LogP contribution in [0, 0.1) is 35.3 Å². The summed E-state index contributed by atoms with van der Waals surface area (Å²) in [6.45, 7) is 4.24. The first-order chi connectivity index (χ1) is 19.6. The normalized spacial score (nSPS) is 16.9. The predicted molar refractivity (Wildman–Crippen MR) is 160 cm³/mol. The molecule has 1 unspecified atom stereocenters. The minimum Gasteiger partial charge on any atom is -0.489 e. The number of benzene rings is 3. The number of nitro groups is 1. The number of allylic oxidation sites excluding steroid dienone is 3. The van der Waals surface area contributed by atoms with E-state index in [9.17, 15) is 20.2 Å². The average molecular weight is 634 g/mol. The molecule has 2 N–H and O–H groups in total. The number of ketones is 1. The Bertz CT molecular complexity index is 1690. The molecule has 3 aromatic rings. The smallest absolute Gasteiger partial charge is 0.271 e. The molecule has 10 heteroatoms. The Kier molecular flexibility index (Phi) is 7.89. The van der Waals surface area contributed by atoms with Gasteiger partial charge >= 0.3 is 0 Å². The molecular weight excluding hydrogens is 608 g/mol. The number of halogens is 2. The molecule has 0 spiro atoms. The molecule has 0 fully saturated rings. The standard InChI is InChI=1S/C31H26BrClN4O4/c1-17-12-19(16-41-22-9-6-20(32)7-10-22)18(2)23(13-17)29-24(15-34)31(35)36(27-4-3-5-28(38)30(27)29)26-11-8-21(37(39)40)14-25(26)33/h6-14,29H,3-5,16,35H2,1-2H3. The van der Waals surface area contributed by atoms with Crippen molar-refractivity contribution in [3.63, 3.8) is 0 Å². The van der Waals surface area contributed by atoms with Gasteiger partial charge < -0.3 is 10.5 Å². The molecule has 1 aliphatic carbocycles. The number of hydrogen-bond acceptors (Lipinski definition) is 7. The number of anilines is 1. The van der Waals surface area contributed by atoms with E-state index in [2.05, 4.69) is 22.0 Å². The first-order valence-corrected chi connectivity index (χ1v) is 14.2. The van der Waals surface area contributed by atoms with Crippen molar-refractivity contribution in [2.24, 2.45) is 5.73 Å². The molecule has 0 saturated carbocycles. The van der Waals surface area contributed by atoms with Gasteiger partial charge in [-0.3, -0.25) is 19.8 Å². The van der Waals surface area contributed by atoms with Crippen LogP contribution in [0.2, 0.25) is 5.02 Å². The molecule has 208 valence electrons. The van der Waals surface area contributed by atoms with Crippen LogP contribution in [0.4, 0.5) is 11.4 Å². The summed E-state index contributed by atoms with van der Waals surface area (Å²) in [7, 11) is 0. The zero-order chi connectivity index (χ0) is 29.4. The molecule has 2 aliphatic rings.